The van der Waals surface area contributed by atoms with E-state index in [1.165, 1.54) is 12.2 Å². The molecule has 0 atom stereocenters. The third-order valence-corrected chi connectivity index (χ3v) is 8.32. The zero-order chi connectivity index (χ0) is 18.1. The van der Waals surface area contributed by atoms with Crippen LogP contribution >= 0.6 is 0 Å². The van der Waals surface area contributed by atoms with E-state index < -0.39 is 26.4 Å². The molecule has 132 valence electrons. The van der Waals surface area contributed by atoms with Gasteiger partial charge in [0.25, 0.3) is 0 Å². The van der Waals surface area contributed by atoms with E-state index >= 15 is 0 Å². The van der Waals surface area contributed by atoms with Gasteiger partial charge in [-0.15, -0.1) is 0 Å². The number of carbonyl (C=O) groups is 2. The lowest BCUT2D eigenvalue weighted by atomic mass is 10.2. The van der Waals surface area contributed by atoms with Gasteiger partial charge in [0.2, 0.25) is 0 Å². The summed E-state index contributed by atoms with van der Waals surface area (Å²) in [5.74, 6) is -0.824. The van der Waals surface area contributed by atoms with E-state index in [9.17, 15) is 9.59 Å². The van der Waals surface area contributed by atoms with Crippen molar-refractivity contribution in [3.8, 4) is 0 Å². The molecule has 23 heavy (non-hydrogen) atoms. The maximum Gasteiger partial charge on any atom is 0.308 e. The monoisotopic (exact) mass is 342 g/mol. The third-order valence-electron chi connectivity index (χ3n) is 3.78. The second kappa shape index (κ2) is 9.67. The fraction of sp³-hybridized carbons (Fsp3) is 0.647. The Morgan fingerprint density at radius 2 is 1.39 bits per heavy atom. The van der Waals surface area contributed by atoms with Crippen molar-refractivity contribution in [1.29, 1.82) is 0 Å². The second-order valence-electron chi connectivity index (χ2n) is 6.85. The Balaban J connectivity index is 4.91. The van der Waals surface area contributed by atoms with Crippen LogP contribution in [0.1, 0.15) is 33.6 Å². The maximum atomic E-state index is 11.8. The first kappa shape index (κ1) is 21.6. The second-order valence-corrected chi connectivity index (χ2v) is 11.6. The van der Waals surface area contributed by atoms with Crippen molar-refractivity contribution >= 4 is 20.3 Å². The van der Waals surface area contributed by atoms with E-state index in [4.69, 9.17) is 13.9 Å². The van der Waals surface area contributed by atoms with Crippen LogP contribution in [-0.4, -0.2) is 39.6 Å². The van der Waals surface area contributed by atoms with Gasteiger partial charge in [0.05, 0.1) is 18.9 Å². The minimum atomic E-state index is -2.12. The van der Waals surface area contributed by atoms with Gasteiger partial charge < -0.3 is 13.9 Å². The van der Waals surface area contributed by atoms with Gasteiger partial charge in [0.15, 0.2) is 8.32 Å². The first-order chi connectivity index (χ1) is 10.5. The minimum Gasteiger partial charge on any atom is -0.461 e. The highest BCUT2D eigenvalue weighted by Crippen LogP contribution is 2.38. The molecular formula is C17H30O5Si. The van der Waals surface area contributed by atoms with E-state index in [2.05, 4.69) is 47.0 Å². The number of hydrogen-bond donors (Lipinski definition) is 0. The Labute approximate surface area is 140 Å². The molecule has 0 heterocycles. The molecule has 0 saturated carbocycles. The van der Waals surface area contributed by atoms with Crippen LogP contribution in [-0.2, 0) is 23.5 Å². The molecule has 0 spiro atoms. The molecule has 0 aromatic rings. The van der Waals surface area contributed by atoms with Crippen LogP contribution in [0.4, 0.5) is 0 Å². The Morgan fingerprint density at radius 3 is 1.70 bits per heavy atom. The molecule has 0 fully saturated rings. The fourth-order valence-corrected chi connectivity index (χ4v) is 2.90. The standard InChI is InChI=1S/C17H30O5Si/c1-8-10-20-15(18)12-14(13-16(19)21-11-9-2)22-23(6,7)17(3,4)5/h8-9,14H,1-2,10-13H2,3-7H3. The smallest absolute Gasteiger partial charge is 0.308 e. The van der Waals surface area contributed by atoms with Crippen molar-refractivity contribution in [1.82, 2.24) is 0 Å². The Kier molecular flexibility index (Phi) is 9.08. The van der Waals surface area contributed by atoms with Crippen molar-refractivity contribution in [2.75, 3.05) is 13.2 Å². The summed E-state index contributed by atoms with van der Waals surface area (Å²) in [4.78, 5) is 23.7. The molecule has 6 heteroatoms. The maximum absolute atomic E-state index is 11.8. The van der Waals surface area contributed by atoms with Gasteiger partial charge in [-0.1, -0.05) is 46.1 Å². The Bertz CT molecular complexity index is 397. The highest BCUT2D eigenvalue weighted by atomic mass is 28.4. The molecule has 0 amide bonds. The molecule has 0 bridgehead atoms. The summed E-state index contributed by atoms with van der Waals surface area (Å²) in [5, 5.41) is -0.0265. The quantitative estimate of drug-likeness (QED) is 0.345. The largest absolute Gasteiger partial charge is 0.461 e. The fourth-order valence-electron chi connectivity index (χ4n) is 1.54. The molecule has 0 N–H and O–H groups in total. The van der Waals surface area contributed by atoms with Gasteiger partial charge in [-0.2, -0.15) is 0 Å². The van der Waals surface area contributed by atoms with Crippen molar-refractivity contribution in [2.24, 2.45) is 0 Å². The van der Waals surface area contributed by atoms with E-state index in [1.54, 1.807) is 0 Å². The van der Waals surface area contributed by atoms with E-state index in [0.717, 1.165) is 0 Å². The topological polar surface area (TPSA) is 61.8 Å². The summed E-state index contributed by atoms with van der Waals surface area (Å²) in [6.07, 6.45) is 2.48. The Morgan fingerprint density at radius 1 is 1.00 bits per heavy atom. The van der Waals surface area contributed by atoms with Crippen LogP contribution in [0.5, 0.6) is 0 Å². The number of rotatable bonds is 10. The predicted octanol–water partition coefficient (Wildman–Crippen LogP) is 3.62. The zero-order valence-corrected chi connectivity index (χ0v) is 16.0. The van der Waals surface area contributed by atoms with Crippen LogP contribution in [0, 0.1) is 0 Å². The summed E-state index contributed by atoms with van der Waals surface area (Å²) in [5.41, 5.74) is 0. The van der Waals surface area contributed by atoms with Gasteiger partial charge in [-0.3, -0.25) is 9.59 Å². The minimum absolute atomic E-state index is 0.0174. The van der Waals surface area contributed by atoms with E-state index in [1.807, 2.05) is 0 Å². The Hall–Kier alpha value is -1.40. The van der Waals surface area contributed by atoms with Crippen molar-refractivity contribution in [2.45, 2.75) is 57.8 Å². The van der Waals surface area contributed by atoms with Crippen LogP contribution < -0.4 is 0 Å². The summed E-state index contributed by atoms with van der Waals surface area (Å²) < 4.78 is 16.2. The van der Waals surface area contributed by atoms with Crippen LogP contribution in [0.15, 0.2) is 25.3 Å². The summed E-state index contributed by atoms with van der Waals surface area (Å²) in [6.45, 7) is 17.7. The lowest BCUT2D eigenvalue weighted by Gasteiger charge is -2.39. The molecule has 5 nitrogen and oxygen atoms in total. The van der Waals surface area contributed by atoms with Crippen molar-refractivity contribution in [3.05, 3.63) is 25.3 Å². The lowest BCUT2D eigenvalue weighted by molar-refractivity contribution is -0.147. The highest BCUT2D eigenvalue weighted by molar-refractivity contribution is 6.74. The van der Waals surface area contributed by atoms with Gasteiger partial charge in [0, 0.05) is 0 Å². The number of esters is 2. The van der Waals surface area contributed by atoms with Gasteiger partial charge in [0.1, 0.15) is 13.2 Å². The molecule has 0 aliphatic rings. The van der Waals surface area contributed by atoms with Crippen LogP contribution in [0.3, 0.4) is 0 Å². The molecule has 0 aromatic carbocycles. The average Bonchev–Trinajstić information content (AvgIpc) is 2.41. The highest BCUT2D eigenvalue weighted by Gasteiger charge is 2.40. The van der Waals surface area contributed by atoms with Crippen LogP contribution in [0.2, 0.25) is 18.1 Å². The molecule has 0 aliphatic carbocycles. The van der Waals surface area contributed by atoms with Gasteiger partial charge >= 0.3 is 11.9 Å². The molecule has 0 aromatic heterocycles. The van der Waals surface area contributed by atoms with Gasteiger partial charge in [-0.05, 0) is 18.1 Å². The number of hydrogen-bond acceptors (Lipinski definition) is 5. The first-order valence-electron chi connectivity index (χ1n) is 7.74. The normalized spacial score (nSPS) is 11.9. The summed E-state index contributed by atoms with van der Waals surface area (Å²) >= 11 is 0. The first-order valence-corrected chi connectivity index (χ1v) is 10.6. The summed E-state index contributed by atoms with van der Waals surface area (Å²) in [6, 6.07) is 0. The van der Waals surface area contributed by atoms with Crippen molar-refractivity contribution in [3.63, 3.8) is 0 Å². The summed E-state index contributed by atoms with van der Waals surface area (Å²) in [7, 11) is -2.12. The lowest BCUT2D eigenvalue weighted by Crippen LogP contribution is -2.45. The number of ether oxygens (including phenoxy) is 2. The van der Waals surface area contributed by atoms with E-state index in [0.29, 0.717) is 0 Å². The van der Waals surface area contributed by atoms with Crippen molar-refractivity contribution < 1.29 is 23.5 Å². The molecular weight excluding hydrogens is 312 g/mol. The zero-order valence-electron chi connectivity index (χ0n) is 15.0. The molecule has 0 radical (unpaired) electrons. The predicted molar refractivity (Wildman–Crippen MR) is 93.6 cm³/mol. The molecule has 0 aliphatic heterocycles. The molecule has 0 rings (SSSR count). The number of carbonyl (C=O) groups excluding carboxylic acids is 2. The average molecular weight is 343 g/mol. The SMILES string of the molecule is C=CCOC(=O)CC(CC(=O)OCC=C)O[Si](C)(C)C(C)(C)C. The molecule has 0 saturated heterocycles. The van der Waals surface area contributed by atoms with E-state index in [-0.39, 0.29) is 31.1 Å². The molecule has 0 unspecified atom stereocenters. The van der Waals surface area contributed by atoms with Crippen LogP contribution in [0.25, 0.3) is 0 Å². The van der Waals surface area contributed by atoms with Gasteiger partial charge in [-0.25, -0.2) is 0 Å². The third kappa shape index (κ3) is 8.71.